The summed E-state index contributed by atoms with van der Waals surface area (Å²) in [6, 6.07) is 48.6. The van der Waals surface area contributed by atoms with Crippen molar-refractivity contribution in [3.05, 3.63) is 167 Å². The summed E-state index contributed by atoms with van der Waals surface area (Å²) in [6.45, 7) is 26.1. The first-order valence-electron chi connectivity index (χ1n) is 22.3. The number of pyridine rings is 1. The van der Waals surface area contributed by atoms with Crippen LogP contribution in [0, 0.1) is 25.3 Å². The summed E-state index contributed by atoms with van der Waals surface area (Å²) >= 11 is 0. The molecule has 0 atom stereocenters. The summed E-state index contributed by atoms with van der Waals surface area (Å²) in [5, 5.41) is 11.9. The van der Waals surface area contributed by atoms with Gasteiger partial charge in [0.25, 0.3) is 0 Å². The molecule has 0 amide bonds. The molecule has 324 valence electrons. The molecule has 4 nitrogen and oxygen atoms in total. The van der Waals surface area contributed by atoms with Gasteiger partial charge in [0.15, 0.2) is 0 Å². The molecule has 1 N–H and O–H groups in total. The van der Waals surface area contributed by atoms with Crippen LogP contribution in [0.15, 0.2) is 134 Å². The van der Waals surface area contributed by atoms with Crippen molar-refractivity contribution < 1.29 is 27.5 Å². The quantitative estimate of drug-likeness (QED) is 0.154. The van der Waals surface area contributed by atoms with E-state index in [1.54, 1.807) is 0 Å². The Morgan fingerprint density at radius 3 is 2.02 bits per heavy atom. The van der Waals surface area contributed by atoms with Gasteiger partial charge in [0.1, 0.15) is 11.6 Å². The second-order valence-electron chi connectivity index (χ2n) is 19.8. The van der Waals surface area contributed by atoms with E-state index in [0.717, 1.165) is 83.6 Å². The largest absolute Gasteiger partial charge is 0.507 e. The summed E-state index contributed by atoms with van der Waals surface area (Å²) in [5.41, 5.74) is 16.3. The van der Waals surface area contributed by atoms with Crippen molar-refractivity contribution in [3.8, 4) is 67.5 Å². The molecule has 0 bridgehead atoms. The molecule has 5 heteroatoms. The number of rotatable bonds is 8. The van der Waals surface area contributed by atoms with Crippen LogP contribution in [-0.4, -0.2) is 19.6 Å². The van der Waals surface area contributed by atoms with Gasteiger partial charge in [0, 0.05) is 39.9 Å². The number of para-hydroxylation sites is 1. The smallest absolute Gasteiger partial charge is 0.148 e. The SMILES string of the molecule is [2H]C(C)(C)c1ccc(-c2ccnc(-c3[c-]c(-c4cccc5c4nc(-c4cc(C)cc(C)c4O)n5-c4ccc(C(C)(C)C(C)(C)C)cc4-c4ccccc4)cc(C(C)(C)C)c3)c2)cc1.[Pt]. The molecule has 0 radical (unpaired) electrons. The zero-order valence-electron chi connectivity index (χ0n) is 39.8. The van der Waals surface area contributed by atoms with Crippen molar-refractivity contribution in [2.75, 3.05) is 0 Å². The molecule has 0 unspecified atom stereocenters. The first-order chi connectivity index (χ1) is 29.6. The molecule has 8 aromatic rings. The number of phenolic OH excluding ortho intramolecular Hbond substituents is 1. The zero-order chi connectivity index (χ0) is 45.2. The Hall–Kier alpha value is -5.57. The Kier molecular flexibility index (Phi) is 12.0. The Labute approximate surface area is 391 Å². The van der Waals surface area contributed by atoms with E-state index in [1.165, 1.54) is 5.56 Å². The van der Waals surface area contributed by atoms with Gasteiger partial charge in [-0.15, -0.1) is 29.3 Å². The van der Waals surface area contributed by atoms with Gasteiger partial charge in [-0.1, -0.05) is 165 Å². The monoisotopic (exact) mass is 1010 g/mol. The van der Waals surface area contributed by atoms with Crippen molar-refractivity contribution in [2.24, 2.45) is 5.41 Å². The molecule has 0 spiro atoms. The predicted molar refractivity (Wildman–Crippen MR) is 261 cm³/mol. The maximum Gasteiger partial charge on any atom is 0.148 e. The number of fused-ring (bicyclic) bond motifs is 1. The van der Waals surface area contributed by atoms with E-state index in [1.807, 2.05) is 57.3 Å². The van der Waals surface area contributed by atoms with Gasteiger partial charge in [0.05, 0.1) is 22.3 Å². The van der Waals surface area contributed by atoms with Crippen LogP contribution in [0.1, 0.15) is 104 Å². The summed E-state index contributed by atoms with van der Waals surface area (Å²) < 4.78 is 10.7. The minimum Gasteiger partial charge on any atom is -0.507 e. The van der Waals surface area contributed by atoms with Crippen LogP contribution >= 0.6 is 0 Å². The molecule has 2 aromatic heterocycles. The van der Waals surface area contributed by atoms with Crippen molar-refractivity contribution >= 4 is 11.0 Å². The molecule has 0 aliphatic carbocycles. The van der Waals surface area contributed by atoms with E-state index < -0.39 is 5.89 Å². The minimum absolute atomic E-state index is 0. The maximum atomic E-state index is 11.9. The van der Waals surface area contributed by atoms with Crippen LogP contribution in [0.25, 0.3) is 72.7 Å². The number of hydrogen-bond acceptors (Lipinski definition) is 3. The number of nitrogens with zero attached hydrogens (tertiary/aromatic N) is 3. The van der Waals surface area contributed by atoms with E-state index in [2.05, 4.69) is 170 Å². The standard InChI is InChI=1S/C58H60N3O.Pt/c1-36(2)39-21-23-40(24-22-39)42-27-28-59-50(34-42)44-31-43(32-46(33-44)56(5,6)7)47-19-16-20-52-53(47)60-55(49-30-37(3)29-38(4)54(49)62)61(52)51-26-25-45(58(11,12)57(8,9)10)35-48(51)41-17-14-13-15-18-41;/h13-30,32-36,62H,1-12H3;/q-1;/i36D;. The van der Waals surface area contributed by atoms with Crippen LogP contribution < -0.4 is 0 Å². The fourth-order valence-electron chi connectivity index (χ4n) is 8.31. The molecular formula is C58H60N3OPt-. The molecule has 6 aromatic carbocycles. The molecule has 0 saturated carbocycles. The molecule has 0 aliphatic heterocycles. The first kappa shape index (κ1) is 44.1. The van der Waals surface area contributed by atoms with E-state index in [4.69, 9.17) is 11.3 Å². The summed E-state index contributed by atoms with van der Waals surface area (Å²) in [7, 11) is 0. The zero-order valence-corrected chi connectivity index (χ0v) is 41.1. The van der Waals surface area contributed by atoms with Gasteiger partial charge in [-0.05, 0) is 105 Å². The Morgan fingerprint density at radius 1 is 0.651 bits per heavy atom. The average Bonchev–Trinajstić information content (AvgIpc) is 3.63. The summed E-state index contributed by atoms with van der Waals surface area (Å²) in [5.74, 6) is 0.221. The summed E-state index contributed by atoms with van der Waals surface area (Å²) in [4.78, 5) is 10.5. The molecular weight excluding hydrogens is 950 g/mol. The third-order valence-corrected chi connectivity index (χ3v) is 13.1. The molecule has 0 saturated heterocycles. The predicted octanol–water partition coefficient (Wildman–Crippen LogP) is 15.6. The maximum absolute atomic E-state index is 11.9. The topological polar surface area (TPSA) is 50.9 Å². The van der Waals surface area contributed by atoms with E-state index in [0.29, 0.717) is 11.4 Å². The van der Waals surface area contributed by atoms with Crippen LogP contribution in [0.3, 0.4) is 0 Å². The van der Waals surface area contributed by atoms with Gasteiger partial charge in [0.2, 0.25) is 0 Å². The summed E-state index contributed by atoms with van der Waals surface area (Å²) in [6.07, 6.45) is 1.87. The van der Waals surface area contributed by atoms with Gasteiger partial charge in [-0.25, -0.2) is 4.98 Å². The average molecular weight is 1010 g/mol. The van der Waals surface area contributed by atoms with Crippen molar-refractivity contribution in [1.82, 2.24) is 14.5 Å². The number of aryl methyl sites for hydroxylation is 2. The molecule has 0 aliphatic rings. The third kappa shape index (κ3) is 8.72. The number of aromatic nitrogens is 3. The molecule has 0 fully saturated rings. The fraction of sp³-hybridized carbons (Fsp3) is 0.276. The Balaban J connectivity index is 0.00000612. The van der Waals surface area contributed by atoms with Gasteiger partial charge in [-0.3, -0.25) is 9.55 Å². The van der Waals surface area contributed by atoms with Gasteiger partial charge >= 0.3 is 0 Å². The minimum atomic E-state index is -0.669. The third-order valence-electron chi connectivity index (χ3n) is 13.1. The second kappa shape index (κ2) is 17.2. The first-order valence-corrected chi connectivity index (χ1v) is 21.8. The molecule has 8 rings (SSSR count). The van der Waals surface area contributed by atoms with E-state index in [-0.39, 0.29) is 43.1 Å². The van der Waals surface area contributed by atoms with Crippen LogP contribution in [0.5, 0.6) is 5.75 Å². The fourth-order valence-corrected chi connectivity index (χ4v) is 8.31. The number of benzene rings is 6. The van der Waals surface area contributed by atoms with Gasteiger partial charge < -0.3 is 5.11 Å². The van der Waals surface area contributed by atoms with Crippen molar-refractivity contribution in [1.29, 1.82) is 0 Å². The van der Waals surface area contributed by atoms with Crippen LogP contribution in [-0.2, 0) is 31.9 Å². The van der Waals surface area contributed by atoms with Crippen molar-refractivity contribution in [2.45, 2.75) is 99.8 Å². The number of phenols is 1. The normalized spacial score (nSPS) is 12.6. The number of imidazole rings is 1. The van der Waals surface area contributed by atoms with Gasteiger partial charge in [-0.2, -0.15) is 0 Å². The number of hydrogen-bond donors (Lipinski definition) is 1. The Bertz CT molecular complexity index is 3000. The van der Waals surface area contributed by atoms with E-state index >= 15 is 0 Å². The van der Waals surface area contributed by atoms with Crippen LogP contribution in [0.4, 0.5) is 0 Å². The second-order valence-corrected chi connectivity index (χ2v) is 19.8. The van der Waals surface area contributed by atoms with E-state index in [9.17, 15) is 5.11 Å². The Morgan fingerprint density at radius 2 is 1.35 bits per heavy atom. The molecule has 2 heterocycles. The molecule has 63 heavy (non-hydrogen) atoms. The van der Waals surface area contributed by atoms with Crippen molar-refractivity contribution in [3.63, 3.8) is 0 Å². The van der Waals surface area contributed by atoms with Crippen LogP contribution in [0.2, 0.25) is 0 Å². The number of aromatic hydroxyl groups is 1.